The lowest BCUT2D eigenvalue weighted by atomic mass is 10.4. The molecule has 66 valence electrons. The molecule has 0 aliphatic carbocycles. The van der Waals surface area contributed by atoms with E-state index >= 15 is 0 Å². The lowest BCUT2D eigenvalue weighted by Gasteiger charge is -1.93. The second-order valence-corrected chi connectivity index (χ2v) is 4.18. The van der Waals surface area contributed by atoms with Gasteiger partial charge in [0.15, 0.2) is 6.29 Å². The summed E-state index contributed by atoms with van der Waals surface area (Å²) in [6, 6.07) is 12.0. The molecule has 0 bridgehead atoms. The molecule has 0 saturated carbocycles. The van der Waals surface area contributed by atoms with Crippen molar-refractivity contribution in [3.63, 3.8) is 0 Å². The minimum atomic E-state index is -1.72. The summed E-state index contributed by atoms with van der Waals surface area (Å²) >= 11 is 14.6. The Morgan fingerprint density at radius 3 is 1.08 bits per heavy atom. The average Bonchev–Trinajstić information content (AvgIpc) is 2.07. The van der Waals surface area contributed by atoms with Gasteiger partial charge in [-0.1, -0.05) is 71.2 Å². The Labute approximate surface area is 86.2 Å². The fraction of sp³-hybridized carbons (Fsp3) is 0.125. The molecular weight excluding hydrogens is 218 g/mol. The minimum Gasteiger partial charge on any atom is -0.299 e. The number of hydrogen-bond acceptors (Lipinski definition) is 1. The summed E-state index contributed by atoms with van der Waals surface area (Å²) in [6.45, 7) is 0. The van der Waals surface area contributed by atoms with E-state index in [1.807, 2.05) is 36.4 Å². The number of benzene rings is 1. The lowest BCUT2D eigenvalue weighted by Crippen LogP contribution is -2.00. The van der Waals surface area contributed by atoms with Gasteiger partial charge in [-0.25, -0.2) is 0 Å². The maximum atomic E-state index is 9.43. The topological polar surface area (TPSA) is 17.1 Å². The first-order valence-corrected chi connectivity index (χ1v) is 4.23. The van der Waals surface area contributed by atoms with E-state index in [9.17, 15) is 4.79 Å². The molecule has 12 heavy (non-hydrogen) atoms. The molecule has 1 aromatic rings. The van der Waals surface area contributed by atoms with Crippen molar-refractivity contribution >= 4 is 41.1 Å². The van der Waals surface area contributed by atoms with Gasteiger partial charge in [0.25, 0.3) is 0 Å². The molecule has 0 saturated heterocycles. The van der Waals surface area contributed by atoms with Crippen LogP contribution in [0.3, 0.4) is 0 Å². The Kier molecular flexibility index (Phi) is 6.17. The van der Waals surface area contributed by atoms with Gasteiger partial charge >= 0.3 is 0 Å². The predicted molar refractivity (Wildman–Crippen MR) is 52.8 cm³/mol. The second kappa shape index (κ2) is 6.30. The van der Waals surface area contributed by atoms with Gasteiger partial charge in [-0.3, -0.25) is 4.79 Å². The van der Waals surface area contributed by atoms with Crippen molar-refractivity contribution < 1.29 is 4.79 Å². The van der Waals surface area contributed by atoms with Crippen molar-refractivity contribution in [2.24, 2.45) is 0 Å². The zero-order valence-corrected chi connectivity index (χ0v) is 8.35. The molecule has 0 unspecified atom stereocenters. The smallest absolute Gasteiger partial charge is 0.245 e. The molecule has 1 rings (SSSR count). The first-order valence-electron chi connectivity index (χ1n) is 3.09. The van der Waals surface area contributed by atoms with Crippen molar-refractivity contribution in [2.75, 3.05) is 0 Å². The number of halogens is 3. The number of carbonyl (C=O) groups excluding carboxylic acids is 1. The van der Waals surface area contributed by atoms with E-state index in [-0.39, 0.29) is 6.29 Å². The largest absolute Gasteiger partial charge is 0.299 e. The van der Waals surface area contributed by atoms with E-state index in [4.69, 9.17) is 34.8 Å². The lowest BCUT2D eigenvalue weighted by molar-refractivity contribution is -0.107. The number of aldehydes is 1. The fourth-order valence-electron chi connectivity index (χ4n) is 0.385. The van der Waals surface area contributed by atoms with E-state index in [1.165, 1.54) is 0 Å². The summed E-state index contributed by atoms with van der Waals surface area (Å²) in [6.07, 6.45) is 0.234. The van der Waals surface area contributed by atoms with Crippen molar-refractivity contribution in [1.29, 1.82) is 0 Å². The quantitative estimate of drug-likeness (QED) is 0.489. The Hall–Kier alpha value is -0.240. The van der Waals surface area contributed by atoms with Crippen LogP contribution in [-0.2, 0) is 4.79 Å². The summed E-state index contributed by atoms with van der Waals surface area (Å²) in [5, 5.41) is 0. The second-order valence-electron chi connectivity index (χ2n) is 1.81. The standard InChI is InChI=1S/C6H6.C2HCl3O/c1-2-4-6-5-3-1;3-2(4,5)1-6/h1-6H;1H. The fourth-order valence-corrected chi connectivity index (χ4v) is 0.385. The molecule has 0 radical (unpaired) electrons. The van der Waals surface area contributed by atoms with E-state index in [1.54, 1.807) is 0 Å². The van der Waals surface area contributed by atoms with Gasteiger partial charge in [0.05, 0.1) is 0 Å². The van der Waals surface area contributed by atoms with Crippen LogP contribution < -0.4 is 0 Å². The first kappa shape index (κ1) is 11.8. The summed E-state index contributed by atoms with van der Waals surface area (Å²) in [7, 11) is 0. The Bertz CT molecular complexity index is 179. The monoisotopic (exact) mass is 224 g/mol. The summed E-state index contributed by atoms with van der Waals surface area (Å²) in [5.74, 6) is 0. The SMILES string of the molecule is O=CC(Cl)(Cl)Cl.c1ccccc1. The van der Waals surface area contributed by atoms with Gasteiger partial charge in [0.1, 0.15) is 0 Å². The zero-order valence-electron chi connectivity index (χ0n) is 6.08. The molecular formula is C8H7Cl3O. The number of carbonyl (C=O) groups is 1. The molecule has 0 fully saturated rings. The molecule has 0 N–H and O–H groups in total. The molecule has 0 heterocycles. The van der Waals surface area contributed by atoms with Crippen molar-refractivity contribution in [1.82, 2.24) is 0 Å². The van der Waals surface area contributed by atoms with Gasteiger partial charge < -0.3 is 0 Å². The van der Waals surface area contributed by atoms with Gasteiger partial charge in [-0.15, -0.1) is 0 Å². The van der Waals surface area contributed by atoms with Crippen molar-refractivity contribution in [2.45, 2.75) is 3.79 Å². The van der Waals surface area contributed by atoms with Gasteiger partial charge in [0.2, 0.25) is 3.79 Å². The van der Waals surface area contributed by atoms with Crippen LogP contribution in [0, 0.1) is 0 Å². The number of alkyl halides is 3. The van der Waals surface area contributed by atoms with Crippen LogP contribution >= 0.6 is 34.8 Å². The van der Waals surface area contributed by atoms with Gasteiger partial charge in [-0.2, -0.15) is 0 Å². The van der Waals surface area contributed by atoms with Gasteiger partial charge in [0, 0.05) is 0 Å². The molecule has 0 aliphatic heterocycles. The van der Waals surface area contributed by atoms with E-state index in [0.29, 0.717) is 0 Å². The average molecular weight is 226 g/mol. The Morgan fingerprint density at radius 2 is 1.00 bits per heavy atom. The van der Waals surface area contributed by atoms with E-state index in [2.05, 4.69) is 0 Å². The van der Waals surface area contributed by atoms with Crippen LogP contribution in [0.2, 0.25) is 0 Å². The minimum absolute atomic E-state index is 0.234. The molecule has 0 amide bonds. The van der Waals surface area contributed by atoms with Crippen LogP contribution in [0.4, 0.5) is 0 Å². The summed E-state index contributed by atoms with van der Waals surface area (Å²) in [4.78, 5) is 9.43. The third kappa shape index (κ3) is 9.76. The van der Waals surface area contributed by atoms with Crippen molar-refractivity contribution in [3.05, 3.63) is 36.4 Å². The van der Waals surface area contributed by atoms with Crippen LogP contribution in [0.25, 0.3) is 0 Å². The Morgan fingerprint density at radius 1 is 0.833 bits per heavy atom. The van der Waals surface area contributed by atoms with Crippen LogP contribution in [-0.4, -0.2) is 10.1 Å². The highest BCUT2D eigenvalue weighted by Gasteiger charge is 2.16. The molecule has 0 aliphatic rings. The first-order chi connectivity index (χ1) is 5.56. The molecule has 1 aromatic carbocycles. The molecule has 0 aromatic heterocycles. The highest BCUT2D eigenvalue weighted by molar-refractivity contribution is 6.74. The van der Waals surface area contributed by atoms with Crippen molar-refractivity contribution in [3.8, 4) is 0 Å². The normalized spacial score (nSPS) is 9.58. The molecule has 4 heteroatoms. The van der Waals surface area contributed by atoms with Crippen LogP contribution in [0.1, 0.15) is 0 Å². The predicted octanol–water partition coefficient (Wildman–Crippen LogP) is 3.24. The zero-order chi connectivity index (χ0) is 9.45. The van der Waals surface area contributed by atoms with E-state index < -0.39 is 3.79 Å². The Balaban J connectivity index is 0.000000202. The molecule has 0 atom stereocenters. The van der Waals surface area contributed by atoms with E-state index in [0.717, 1.165) is 0 Å². The number of rotatable bonds is 0. The van der Waals surface area contributed by atoms with Gasteiger partial charge in [-0.05, 0) is 0 Å². The number of hydrogen-bond donors (Lipinski definition) is 0. The molecule has 0 spiro atoms. The summed E-state index contributed by atoms with van der Waals surface area (Å²) in [5.41, 5.74) is 0. The summed E-state index contributed by atoms with van der Waals surface area (Å²) < 4.78 is -1.72. The molecule has 1 nitrogen and oxygen atoms in total. The third-order valence-corrected chi connectivity index (χ3v) is 1.07. The highest BCUT2D eigenvalue weighted by atomic mass is 35.6. The maximum absolute atomic E-state index is 9.43. The third-order valence-electron chi connectivity index (χ3n) is 0.800. The van der Waals surface area contributed by atoms with Crippen LogP contribution in [0.5, 0.6) is 0 Å². The maximum Gasteiger partial charge on any atom is 0.245 e. The van der Waals surface area contributed by atoms with Crippen LogP contribution in [0.15, 0.2) is 36.4 Å². The highest BCUT2D eigenvalue weighted by Crippen LogP contribution is 2.21.